The first-order valence-corrected chi connectivity index (χ1v) is 12.3. The quantitative estimate of drug-likeness (QED) is 0.732. The average Bonchev–Trinajstić information content (AvgIpc) is 2.68. The molecule has 1 aromatic carbocycles. The maximum Gasteiger partial charge on any atom is 0.219 e. The first-order chi connectivity index (χ1) is 14.2. The van der Waals surface area contributed by atoms with Gasteiger partial charge in [-0.15, -0.1) is 0 Å². The molecule has 1 aliphatic carbocycles. The second-order valence-electron chi connectivity index (χ2n) is 8.37. The Balaban J connectivity index is 1.59. The molecule has 30 heavy (non-hydrogen) atoms. The van der Waals surface area contributed by atoms with Gasteiger partial charge < -0.3 is 9.64 Å². The van der Waals surface area contributed by atoms with Crippen molar-refractivity contribution in [2.75, 3.05) is 19.4 Å². The van der Waals surface area contributed by atoms with Gasteiger partial charge in [0.25, 0.3) is 0 Å². The highest BCUT2D eigenvalue weighted by Crippen LogP contribution is 2.36. The topological polar surface area (TPSA) is 75.7 Å². The molecule has 1 heterocycles. The van der Waals surface area contributed by atoms with Gasteiger partial charge in [0.15, 0.2) is 11.6 Å². The molecule has 1 amide bonds. The number of ether oxygens (including phenoxy) is 1. The fourth-order valence-corrected chi connectivity index (χ4v) is 5.50. The number of carbonyl (C=O) groups excluding carboxylic acids is 1. The molecule has 0 aromatic heterocycles. The van der Waals surface area contributed by atoms with Crippen molar-refractivity contribution in [3.05, 3.63) is 35.4 Å². The van der Waals surface area contributed by atoms with Gasteiger partial charge in [-0.3, -0.25) is 4.79 Å². The number of nitrogens with one attached hydrogen (secondary N) is 1. The smallest absolute Gasteiger partial charge is 0.219 e. The molecule has 1 saturated carbocycles. The number of hydrogen-bond donors (Lipinski definition) is 1. The van der Waals surface area contributed by atoms with Gasteiger partial charge in [-0.2, -0.15) is 0 Å². The number of likely N-dealkylation sites (tertiary alicyclic amines) is 1. The third-order valence-corrected chi connectivity index (χ3v) is 6.88. The number of halogens is 2. The summed E-state index contributed by atoms with van der Waals surface area (Å²) in [4.78, 5) is 13.7. The largest absolute Gasteiger partial charge is 0.376 e. The number of amides is 1. The molecule has 6 nitrogen and oxygen atoms in total. The lowest BCUT2D eigenvalue weighted by atomic mass is 9.82. The van der Waals surface area contributed by atoms with Crippen molar-refractivity contribution in [1.82, 2.24) is 9.62 Å². The van der Waals surface area contributed by atoms with Crippen LogP contribution in [0.15, 0.2) is 18.2 Å². The zero-order chi connectivity index (χ0) is 21.9. The number of benzene rings is 1. The number of nitrogens with zero attached hydrogens (tertiary/aromatic N) is 1. The molecule has 1 aromatic rings. The maximum atomic E-state index is 14.1. The second-order valence-corrected chi connectivity index (χ2v) is 10.1. The Morgan fingerprint density at radius 2 is 1.90 bits per heavy atom. The number of hydrogen-bond acceptors (Lipinski definition) is 4. The van der Waals surface area contributed by atoms with Crippen molar-refractivity contribution in [3.63, 3.8) is 0 Å². The highest BCUT2D eigenvalue weighted by atomic mass is 32.2. The van der Waals surface area contributed by atoms with Gasteiger partial charge in [0.2, 0.25) is 15.9 Å². The van der Waals surface area contributed by atoms with E-state index in [1.807, 2.05) is 0 Å². The summed E-state index contributed by atoms with van der Waals surface area (Å²) in [5.74, 6) is -1.73. The third-order valence-electron chi connectivity index (χ3n) is 6.15. The molecule has 0 unspecified atom stereocenters. The van der Waals surface area contributed by atoms with E-state index in [4.69, 9.17) is 4.74 Å². The molecule has 9 heteroatoms. The Labute approximate surface area is 177 Å². The van der Waals surface area contributed by atoms with Gasteiger partial charge in [-0.05, 0) is 56.1 Å². The monoisotopic (exact) mass is 444 g/mol. The molecule has 2 fully saturated rings. The van der Waals surface area contributed by atoms with Crippen molar-refractivity contribution >= 4 is 15.9 Å². The van der Waals surface area contributed by atoms with Crippen molar-refractivity contribution in [2.24, 2.45) is 0 Å². The van der Waals surface area contributed by atoms with E-state index in [1.54, 1.807) is 11.0 Å². The molecule has 1 saturated heterocycles. The molecule has 168 valence electrons. The SMILES string of the molecule is CC(=O)N1CCC[C@H](NS(C)(=O)=O)[C@@H]1CO[C@H]1CC[C@@H](c2cccc(F)c2F)CC1. The number of sulfonamides is 1. The molecule has 2 aliphatic rings. The van der Waals surface area contributed by atoms with Crippen LogP contribution in [0.4, 0.5) is 8.78 Å². The summed E-state index contributed by atoms with van der Waals surface area (Å²) in [6.45, 7) is 2.31. The second kappa shape index (κ2) is 9.70. The lowest BCUT2D eigenvalue weighted by Gasteiger charge is -2.41. The van der Waals surface area contributed by atoms with Crippen LogP contribution in [-0.4, -0.2) is 56.8 Å². The summed E-state index contributed by atoms with van der Waals surface area (Å²) in [7, 11) is -3.40. The fraction of sp³-hybridized carbons (Fsp3) is 0.667. The van der Waals surface area contributed by atoms with Gasteiger partial charge in [-0.25, -0.2) is 21.9 Å². The summed E-state index contributed by atoms with van der Waals surface area (Å²) in [5, 5.41) is 0. The van der Waals surface area contributed by atoms with Gasteiger partial charge in [0, 0.05) is 19.5 Å². The average molecular weight is 445 g/mol. The fourth-order valence-electron chi connectivity index (χ4n) is 4.68. The van der Waals surface area contributed by atoms with E-state index < -0.39 is 21.7 Å². The van der Waals surface area contributed by atoms with E-state index in [0.29, 0.717) is 44.2 Å². The summed E-state index contributed by atoms with van der Waals surface area (Å²) in [5.41, 5.74) is 0.418. The molecule has 0 bridgehead atoms. The Bertz CT molecular complexity index is 857. The van der Waals surface area contributed by atoms with Crippen LogP contribution >= 0.6 is 0 Å². The van der Waals surface area contributed by atoms with E-state index >= 15 is 0 Å². The van der Waals surface area contributed by atoms with Crippen molar-refractivity contribution in [1.29, 1.82) is 0 Å². The minimum Gasteiger partial charge on any atom is -0.376 e. The van der Waals surface area contributed by atoms with Crippen LogP contribution in [0.1, 0.15) is 56.9 Å². The predicted molar refractivity (Wildman–Crippen MR) is 109 cm³/mol. The van der Waals surface area contributed by atoms with Crippen LogP contribution in [0.3, 0.4) is 0 Å². The van der Waals surface area contributed by atoms with Crippen molar-refractivity contribution in [3.8, 4) is 0 Å². The van der Waals surface area contributed by atoms with Crippen molar-refractivity contribution < 1.29 is 26.7 Å². The minimum atomic E-state index is -3.40. The Morgan fingerprint density at radius 1 is 1.20 bits per heavy atom. The summed E-state index contributed by atoms with van der Waals surface area (Å²) >= 11 is 0. The standard InChI is InChI=1S/C21H30F2N2O4S/c1-14(26)25-12-4-7-19(24-30(2,27)28)20(25)13-29-16-10-8-15(9-11-16)17-5-3-6-18(22)21(17)23/h3,5-6,15-16,19-20,24H,4,7-13H2,1-2H3/t15-,16+,19-,20-/m0/s1. The van der Waals surface area contributed by atoms with Gasteiger partial charge in [-0.1, -0.05) is 12.1 Å². The van der Waals surface area contributed by atoms with Crippen LogP contribution in [0.5, 0.6) is 0 Å². The molecular weight excluding hydrogens is 414 g/mol. The minimum absolute atomic E-state index is 0.0383. The van der Waals surface area contributed by atoms with Gasteiger partial charge >= 0.3 is 0 Å². The lowest BCUT2D eigenvalue weighted by Crippen LogP contribution is -2.58. The van der Waals surface area contributed by atoms with E-state index in [1.165, 1.54) is 13.0 Å². The zero-order valence-electron chi connectivity index (χ0n) is 17.4. The first-order valence-electron chi connectivity index (χ1n) is 10.5. The molecule has 3 rings (SSSR count). The van der Waals surface area contributed by atoms with Crippen LogP contribution in [0.25, 0.3) is 0 Å². The summed E-state index contributed by atoms with van der Waals surface area (Å²) < 4.78 is 59.8. The molecular formula is C21H30F2N2O4S. The molecule has 2 atom stereocenters. The van der Waals surface area contributed by atoms with E-state index in [0.717, 1.165) is 18.7 Å². The van der Waals surface area contributed by atoms with Crippen LogP contribution in [0.2, 0.25) is 0 Å². The van der Waals surface area contributed by atoms with Crippen LogP contribution in [-0.2, 0) is 19.6 Å². The molecule has 0 radical (unpaired) electrons. The van der Waals surface area contributed by atoms with E-state index in [9.17, 15) is 22.0 Å². The Morgan fingerprint density at radius 3 is 2.53 bits per heavy atom. The third kappa shape index (κ3) is 5.76. The van der Waals surface area contributed by atoms with E-state index in [-0.39, 0.29) is 36.6 Å². The molecule has 1 aliphatic heterocycles. The molecule has 0 spiro atoms. The maximum absolute atomic E-state index is 14.1. The lowest BCUT2D eigenvalue weighted by molar-refractivity contribution is -0.136. The van der Waals surface area contributed by atoms with Crippen LogP contribution in [0, 0.1) is 11.6 Å². The van der Waals surface area contributed by atoms with Crippen LogP contribution < -0.4 is 4.72 Å². The first kappa shape index (κ1) is 23.1. The Hall–Kier alpha value is -1.58. The predicted octanol–water partition coefficient (Wildman–Crippen LogP) is 2.94. The van der Waals surface area contributed by atoms with Gasteiger partial charge in [0.05, 0.1) is 25.0 Å². The Kier molecular flexibility index (Phi) is 7.47. The zero-order valence-corrected chi connectivity index (χ0v) is 18.3. The highest BCUT2D eigenvalue weighted by molar-refractivity contribution is 7.88. The normalized spacial score (nSPS) is 27.8. The van der Waals surface area contributed by atoms with E-state index in [2.05, 4.69) is 4.72 Å². The summed E-state index contributed by atoms with van der Waals surface area (Å²) in [6.07, 6.45) is 5.24. The van der Waals surface area contributed by atoms with Gasteiger partial charge in [0.1, 0.15) is 0 Å². The highest BCUT2D eigenvalue weighted by Gasteiger charge is 2.36. The summed E-state index contributed by atoms with van der Waals surface area (Å²) in [6, 6.07) is 3.56. The molecule has 1 N–H and O–H groups in total. The number of piperidine rings is 1. The number of carbonyl (C=O) groups is 1. The van der Waals surface area contributed by atoms with Crippen molar-refractivity contribution in [2.45, 2.75) is 69.6 Å². The number of rotatable bonds is 6.